The third kappa shape index (κ3) is 3.58. The average molecular weight is 207 g/mol. The molecule has 0 saturated heterocycles. The summed E-state index contributed by atoms with van der Waals surface area (Å²) in [5.41, 5.74) is 1.09. The molecule has 1 rings (SSSR count). The Morgan fingerprint density at radius 3 is 2.40 bits per heavy atom. The number of aromatic nitrogens is 1. The van der Waals surface area contributed by atoms with Crippen LogP contribution in [0.3, 0.4) is 0 Å². The van der Waals surface area contributed by atoms with E-state index >= 15 is 0 Å². The molecule has 4 nitrogen and oxygen atoms in total. The van der Waals surface area contributed by atoms with Crippen LogP contribution in [0.2, 0.25) is 0 Å². The highest BCUT2D eigenvalue weighted by Crippen LogP contribution is 2.06. The Balaban J connectivity index is 2.75. The normalized spacial score (nSPS) is 10.9. The third-order valence-corrected chi connectivity index (χ3v) is 1.77. The molecule has 1 heterocycles. The summed E-state index contributed by atoms with van der Waals surface area (Å²) < 4.78 is 0. The van der Waals surface area contributed by atoms with E-state index in [1.807, 2.05) is 33.9 Å². The second-order valence-electron chi connectivity index (χ2n) is 4.39. The van der Waals surface area contributed by atoms with E-state index in [0.29, 0.717) is 5.69 Å². The van der Waals surface area contributed by atoms with Crippen LogP contribution in [0.1, 0.15) is 31.3 Å². The van der Waals surface area contributed by atoms with Crippen molar-refractivity contribution in [2.75, 3.05) is 12.4 Å². The Labute approximate surface area is 90.1 Å². The minimum absolute atomic E-state index is 0.148. The fourth-order valence-corrected chi connectivity index (χ4v) is 1.08. The Morgan fingerprint density at radius 2 is 2.00 bits per heavy atom. The Hall–Kier alpha value is -1.58. The maximum absolute atomic E-state index is 11.7. The van der Waals surface area contributed by atoms with Crippen LogP contribution in [0.15, 0.2) is 18.3 Å². The molecule has 0 spiro atoms. The molecule has 0 aliphatic rings. The topological polar surface area (TPSA) is 54.0 Å². The van der Waals surface area contributed by atoms with Crippen LogP contribution in [0, 0.1) is 0 Å². The monoisotopic (exact) mass is 207 g/mol. The summed E-state index contributed by atoms with van der Waals surface area (Å²) in [7, 11) is 1.81. The van der Waals surface area contributed by atoms with Gasteiger partial charge in [0.15, 0.2) is 0 Å². The molecule has 1 aromatic rings. The molecule has 0 aliphatic heterocycles. The smallest absolute Gasteiger partial charge is 0.270 e. The van der Waals surface area contributed by atoms with E-state index in [9.17, 15) is 4.79 Å². The van der Waals surface area contributed by atoms with Crippen molar-refractivity contribution in [2.45, 2.75) is 26.3 Å². The van der Waals surface area contributed by atoms with Gasteiger partial charge in [0.2, 0.25) is 0 Å². The fraction of sp³-hybridized carbons (Fsp3) is 0.455. The third-order valence-electron chi connectivity index (χ3n) is 1.77. The van der Waals surface area contributed by atoms with E-state index in [0.717, 1.165) is 5.69 Å². The van der Waals surface area contributed by atoms with Crippen LogP contribution in [-0.2, 0) is 0 Å². The molecule has 15 heavy (non-hydrogen) atoms. The molecule has 4 heteroatoms. The van der Waals surface area contributed by atoms with Gasteiger partial charge in [0.05, 0.1) is 11.9 Å². The van der Waals surface area contributed by atoms with E-state index in [1.165, 1.54) is 0 Å². The first-order valence-electron chi connectivity index (χ1n) is 4.89. The van der Waals surface area contributed by atoms with Gasteiger partial charge in [-0.2, -0.15) is 0 Å². The zero-order valence-electron chi connectivity index (χ0n) is 9.59. The van der Waals surface area contributed by atoms with Crippen molar-refractivity contribution in [1.29, 1.82) is 0 Å². The SMILES string of the molecule is CNc1ccc(C(=O)NC(C)(C)C)nc1. The highest BCUT2D eigenvalue weighted by molar-refractivity contribution is 5.92. The number of pyridine rings is 1. The second kappa shape index (κ2) is 4.29. The van der Waals surface area contributed by atoms with Crippen LogP contribution in [0.25, 0.3) is 0 Å². The fourth-order valence-electron chi connectivity index (χ4n) is 1.08. The maximum Gasteiger partial charge on any atom is 0.270 e. The van der Waals surface area contributed by atoms with Crippen molar-refractivity contribution in [3.8, 4) is 0 Å². The van der Waals surface area contributed by atoms with Crippen LogP contribution in [0.4, 0.5) is 5.69 Å². The van der Waals surface area contributed by atoms with Crippen LogP contribution in [0.5, 0.6) is 0 Å². The first kappa shape index (κ1) is 11.5. The van der Waals surface area contributed by atoms with Crippen molar-refractivity contribution in [2.24, 2.45) is 0 Å². The minimum Gasteiger partial charge on any atom is -0.387 e. The van der Waals surface area contributed by atoms with Gasteiger partial charge in [0, 0.05) is 12.6 Å². The molecule has 82 valence electrons. The van der Waals surface area contributed by atoms with Gasteiger partial charge >= 0.3 is 0 Å². The zero-order chi connectivity index (χ0) is 11.5. The number of hydrogen-bond donors (Lipinski definition) is 2. The number of rotatable bonds is 2. The Morgan fingerprint density at radius 1 is 1.33 bits per heavy atom. The van der Waals surface area contributed by atoms with Crippen molar-refractivity contribution >= 4 is 11.6 Å². The lowest BCUT2D eigenvalue weighted by molar-refractivity contribution is 0.0914. The summed E-state index contributed by atoms with van der Waals surface area (Å²) in [6, 6.07) is 3.53. The number of nitrogens with zero attached hydrogens (tertiary/aromatic N) is 1. The largest absolute Gasteiger partial charge is 0.387 e. The molecule has 0 aromatic carbocycles. The van der Waals surface area contributed by atoms with Crippen LogP contribution >= 0.6 is 0 Å². The van der Waals surface area contributed by atoms with Crippen molar-refractivity contribution in [3.05, 3.63) is 24.0 Å². The molecule has 0 bridgehead atoms. The number of carbonyl (C=O) groups excluding carboxylic acids is 1. The number of amides is 1. The summed E-state index contributed by atoms with van der Waals surface area (Å²) in [6.07, 6.45) is 1.64. The average Bonchev–Trinajstić information content (AvgIpc) is 2.15. The Kier molecular flexibility index (Phi) is 3.29. The quantitative estimate of drug-likeness (QED) is 0.775. The molecule has 1 amide bonds. The van der Waals surface area contributed by atoms with Gasteiger partial charge in [-0.3, -0.25) is 4.79 Å². The lowest BCUT2D eigenvalue weighted by Gasteiger charge is -2.20. The second-order valence-corrected chi connectivity index (χ2v) is 4.39. The summed E-state index contributed by atoms with van der Waals surface area (Å²) in [5, 5.41) is 5.80. The molecule has 0 atom stereocenters. The van der Waals surface area contributed by atoms with Crippen molar-refractivity contribution in [3.63, 3.8) is 0 Å². The molecule has 2 N–H and O–H groups in total. The summed E-state index contributed by atoms with van der Waals surface area (Å²) in [4.78, 5) is 15.7. The van der Waals surface area contributed by atoms with Gasteiger partial charge in [0.1, 0.15) is 5.69 Å². The van der Waals surface area contributed by atoms with E-state index in [-0.39, 0.29) is 11.4 Å². The summed E-state index contributed by atoms with van der Waals surface area (Å²) >= 11 is 0. The highest BCUT2D eigenvalue weighted by Gasteiger charge is 2.15. The number of anilines is 1. The van der Waals surface area contributed by atoms with Gasteiger partial charge < -0.3 is 10.6 Å². The lowest BCUT2D eigenvalue weighted by Crippen LogP contribution is -2.40. The first-order chi connectivity index (χ1) is 6.92. The predicted molar refractivity (Wildman–Crippen MR) is 61.0 cm³/mol. The van der Waals surface area contributed by atoms with E-state index < -0.39 is 0 Å². The standard InChI is InChI=1S/C11H17N3O/c1-11(2,3)14-10(15)9-6-5-8(12-4)7-13-9/h5-7,12H,1-4H3,(H,14,15). The number of hydrogen-bond acceptors (Lipinski definition) is 3. The molecular formula is C11H17N3O. The molecule has 1 aromatic heterocycles. The van der Waals surface area contributed by atoms with Gasteiger partial charge in [-0.25, -0.2) is 4.98 Å². The van der Waals surface area contributed by atoms with Crippen molar-refractivity contribution < 1.29 is 4.79 Å². The van der Waals surface area contributed by atoms with Crippen LogP contribution in [-0.4, -0.2) is 23.5 Å². The minimum atomic E-state index is -0.236. The van der Waals surface area contributed by atoms with E-state index in [4.69, 9.17) is 0 Å². The number of nitrogens with one attached hydrogen (secondary N) is 2. The highest BCUT2D eigenvalue weighted by atomic mass is 16.2. The van der Waals surface area contributed by atoms with Crippen LogP contribution < -0.4 is 10.6 Å². The molecule has 0 unspecified atom stereocenters. The van der Waals surface area contributed by atoms with Gasteiger partial charge in [-0.05, 0) is 32.9 Å². The molecule has 0 fully saturated rings. The summed E-state index contributed by atoms with van der Waals surface area (Å²) in [5.74, 6) is -0.148. The van der Waals surface area contributed by atoms with E-state index in [2.05, 4.69) is 15.6 Å². The predicted octanol–water partition coefficient (Wildman–Crippen LogP) is 1.65. The molecule has 0 saturated carbocycles. The molecule has 0 radical (unpaired) electrons. The first-order valence-corrected chi connectivity index (χ1v) is 4.89. The van der Waals surface area contributed by atoms with Crippen molar-refractivity contribution in [1.82, 2.24) is 10.3 Å². The van der Waals surface area contributed by atoms with Gasteiger partial charge in [-0.1, -0.05) is 0 Å². The maximum atomic E-state index is 11.7. The lowest BCUT2D eigenvalue weighted by atomic mass is 10.1. The number of carbonyl (C=O) groups is 1. The molecule has 0 aliphatic carbocycles. The zero-order valence-corrected chi connectivity index (χ0v) is 9.59. The van der Waals surface area contributed by atoms with Gasteiger partial charge in [-0.15, -0.1) is 0 Å². The Bertz CT molecular complexity index is 338. The summed E-state index contributed by atoms with van der Waals surface area (Å²) in [6.45, 7) is 5.81. The van der Waals surface area contributed by atoms with Gasteiger partial charge in [0.25, 0.3) is 5.91 Å². The van der Waals surface area contributed by atoms with E-state index in [1.54, 1.807) is 12.3 Å². The molecular weight excluding hydrogens is 190 g/mol.